The molecule has 0 atom stereocenters. The molecular weight excluding hydrogens is 290 g/mol. The molecule has 3 nitrogen and oxygen atoms in total. The van der Waals surface area contributed by atoms with Crippen LogP contribution in [0.2, 0.25) is 0 Å². The molecule has 92 valence electrons. The van der Waals surface area contributed by atoms with E-state index in [0.29, 0.717) is 0 Å². The van der Waals surface area contributed by atoms with E-state index in [1.807, 2.05) is 18.2 Å². The van der Waals surface area contributed by atoms with Gasteiger partial charge in [0.25, 0.3) is 0 Å². The monoisotopic (exact) mass is 303 g/mol. The number of benzene rings is 1. The second-order valence-electron chi connectivity index (χ2n) is 4.49. The number of nitrogens with zero attached hydrogens (tertiary/aromatic N) is 2. The topological polar surface area (TPSA) is 37.8 Å². The molecule has 0 saturated heterocycles. The van der Waals surface area contributed by atoms with E-state index >= 15 is 0 Å². The lowest BCUT2D eigenvalue weighted by Gasteiger charge is -2.18. The van der Waals surface area contributed by atoms with Crippen molar-refractivity contribution >= 4 is 15.9 Å². The first kappa shape index (κ1) is 11.8. The third-order valence-electron chi connectivity index (χ3n) is 3.22. The van der Waals surface area contributed by atoms with Gasteiger partial charge in [0, 0.05) is 40.8 Å². The van der Waals surface area contributed by atoms with Crippen molar-refractivity contribution in [1.82, 2.24) is 15.3 Å². The van der Waals surface area contributed by atoms with Crippen LogP contribution in [0.1, 0.15) is 17.0 Å². The van der Waals surface area contributed by atoms with Gasteiger partial charge in [-0.1, -0.05) is 28.1 Å². The highest BCUT2D eigenvalue weighted by Crippen LogP contribution is 2.23. The van der Waals surface area contributed by atoms with Crippen LogP contribution in [-0.4, -0.2) is 16.5 Å². The van der Waals surface area contributed by atoms with Crippen LogP contribution in [0.25, 0.3) is 11.4 Å². The summed E-state index contributed by atoms with van der Waals surface area (Å²) in [4.78, 5) is 9.34. The lowest BCUT2D eigenvalue weighted by molar-refractivity contribution is 0.622. The third-order valence-corrected chi connectivity index (χ3v) is 3.72. The summed E-state index contributed by atoms with van der Waals surface area (Å²) in [6, 6.07) is 8.13. The highest BCUT2D eigenvalue weighted by Gasteiger charge is 2.15. The number of nitrogens with one attached hydrogen (secondary N) is 1. The Bertz CT molecular complexity index is 596. The molecule has 1 aliphatic rings. The van der Waals surface area contributed by atoms with Crippen LogP contribution in [0, 0.1) is 6.92 Å². The van der Waals surface area contributed by atoms with E-state index in [2.05, 4.69) is 39.2 Å². The first-order valence-corrected chi connectivity index (χ1v) is 6.86. The Labute approximate surface area is 115 Å². The molecular formula is C14H14BrN3. The van der Waals surface area contributed by atoms with Crippen molar-refractivity contribution in [2.45, 2.75) is 19.9 Å². The van der Waals surface area contributed by atoms with E-state index in [4.69, 9.17) is 4.98 Å². The van der Waals surface area contributed by atoms with Crippen molar-refractivity contribution < 1.29 is 0 Å². The Balaban J connectivity index is 2.11. The van der Waals surface area contributed by atoms with E-state index < -0.39 is 0 Å². The number of fused-ring (bicyclic) bond motifs is 1. The van der Waals surface area contributed by atoms with Crippen molar-refractivity contribution in [2.75, 3.05) is 6.54 Å². The zero-order chi connectivity index (χ0) is 12.5. The van der Waals surface area contributed by atoms with Gasteiger partial charge in [0.15, 0.2) is 5.82 Å². The zero-order valence-electron chi connectivity index (χ0n) is 10.2. The molecule has 0 radical (unpaired) electrons. The van der Waals surface area contributed by atoms with Crippen LogP contribution in [0.3, 0.4) is 0 Å². The summed E-state index contributed by atoms with van der Waals surface area (Å²) < 4.78 is 1.06. The van der Waals surface area contributed by atoms with Crippen molar-refractivity contribution in [1.29, 1.82) is 0 Å². The number of halogens is 1. The third kappa shape index (κ3) is 2.18. The number of rotatable bonds is 1. The van der Waals surface area contributed by atoms with Gasteiger partial charge in [0.05, 0.1) is 5.69 Å². The van der Waals surface area contributed by atoms with Gasteiger partial charge in [0.1, 0.15) is 0 Å². The molecule has 1 aromatic carbocycles. The summed E-state index contributed by atoms with van der Waals surface area (Å²) >= 11 is 3.49. The normalized spacial score (nSPS) is 14.3. The smallest absolute Gasteiger partial charge is 0.159 e. The minimum Gasteiger partial charge on any atom is -0.312 e. The average Bonchev–Trinajstić information content (AvgIpc) is 2.39. The molecule has 1 aromatic heterocycles. The lowest BCUT2D eigenvalue weighted by atomic mass is 10.1. The van der Waals surface area contributed by atoms with Crippen LogP contribution in [0.15, 0.2) is 28.7 Å². The van der Waals surface area contributed by atoms with Crippen LogP contribution >= 0.6 is 15.9 Å². The maximum Gasteiger partial charge on any atom is 0.159 e. The molecule has 0 saturated carbocycles. The summed E-state index contributed by atoms with van der Waals surface area (Å²) in [5.41, 5.74) is 4.60. The number of hydrogen-bond acceptors (Lipinski definition) is 3. The second-order valence-corrected chi connectivity index (χ2v) is 5.41. The van der Waals surface area contributed by atoms with Gasteiger partial charge in [-0.3, -0.25) is 0 Å². The molecule has 18 heavy (non-hydrogen) atoms. The predicted octanol–water partition coefficient (Wildman–Crippen LogP) is 2.86. The summed E-state index contributed by atoms with van der Waals surface area (Å²) in [6.07, 6.45) is 0.986. The van der Waals surface area contributed by atoms with Crippen molar-refractivity contribution in [3.8, 4) is 11.4 Å². The number of aromatic nitrogens is 2. The highest BCUT2D eigenvalue weighted by atomic mass is 79.9. The lowest BCUT2D eigenvalue weighted by Crippen LogP contribution is -2.26. The molecule has 3 rings (SSSR count). The van der Waals surface area contributed by atoms with Gasteiger partial charge in [-0.15, -0.1) is 0 Å². The molecule has 0 amide bonds. The van der Waals surface area contributed by atoms with Gasteiger partial charge >= 0.3 is 0 Å². The molecule has 1 aliphatic heterocycles. The standard InChI is InChI=1S/C14H14BrN3/c1-9-12-8-16-6-5-13(12)18-14(17-9)10-3-2-4-11(15)7-10/h2-4,7,16H,5-6,8H2,1H3. The zero-order valence-corrected chi connectivity index (χ0v) is 11.8. The van der Waals surface area contributed by atoms with Gasteiger partial charge in [0.2, 0.25) is 0 Å². The van der Waals surface area contributed by atoms with Crippen LogP contribution < -0.4 is 5.32 Å². The quantitative estimate of drug-likeness (QED) is 0.880. The molecule has 0 fully saturated rings. The van der Waals surface area contributed by atoms with Crippen molar-refractivity contribution in [2.24, 2.45) is 0 Å². The molecule has 2 heterocycles. The van der Waals surface area contributed by atoms with Gasteiger partial charge in [-0.2, -0.15) is 0 Å². The SMILES string of the molecule is Cc1nc(-c2cccc(Br)c2)nc2c1CNCC2. The number of hydrogen-bond donors (Lipinski definition) is 1. The van der Waals surface area contributed by atoms with E-state index in [1.165, 1.54) is 11.3 Å². The Morgan fingerprint density at radius 1 is 1.28 bits per heavy atom. The van der Waals surface area contributed by atoms with E-state index in [0.717, 1.165) is 41.1 Å². The first-order valence-electron chi connectivity index (χ1n) is 6.07. The van der Waals surface area contributed by atoms with Gasteiger partial charge in [-0.05, 0) is 19.1 Å². The van der Waals surface area contributed by atoms with Gasteiger partial charge < -0.3 is 5.32 Å². The Morgan fingerprint density at radius 2 is 2.17 bits per heavy atom. The largest absolute Gasteiger partial charge is 0.312 e. The fourth-order valence-electron chi connectivity index (χ4n) is 2.27. The minimum atomic E-state index is 0.828. The maximum absolute atomic E-state index is 4.71. The summed E-state index contributed by atoms with van der Waals surface area (Å²) in [7, 11) is 0. The molecule has 0 unspecified atom stereocenters. The highest BCUT2D eigenvalue weighted by molar-refractivity contribution is 9.10. The van der Waals surface area contributed by atoms with Crippen molar-refractivity contribution in [3.63, 3.8) is 0 Å². The fourth-order valence-corrected chi connectivity index (χ4v) is 2.67. The molecule has 0 spiro atoms. The van der Waals surface area contributed by atoms with E-state index in [9.17, 15) is 0 Å². The summed E-state index contributed by atoms with van der Waals surface area (Å²) in [6.45, 7) is 3.95. The van der Waals surface area contributed by atoms with Crippen LogP contribution in [0.5, 0.6) is 0 Å². The maximum atomic E-state index is 4.71. The van der Waals surface area contributed by atoms with E-state index in [1.54, 1.807) is 0 Å². The molecule has 0 bridgehead atoms. The Hall–Kier alpha value is -1.26. The molecule has 4 heteroatoms. The average molecular weight is 304 g/mol. The summed E-state index contributed by atoms with van der Waals surface area (Å²) in [5.74, 6) is 0.828. The minimum absolute atomic E-state index is 0.828. The van der Waals surface area contributed by atoms with Crippen LogP contribution in [-0.2, 0) is 13.0 Å². The predicted molar refractivity (Wildman–Crippen MR) is 75.3 cm³/mol. The molecule has 0 aliphatic carbocycles. The second kappa shape index (κ2) is 4.78. The Kier molecular flexibility index (Phi) is 3.14. The van der Waals surface area contributed by atoms with E-state index in [-0.39, 0.29) is 0 Å². The van der Waals surface area contributed by atoms with Crippen LogP contribution in [0.4, 0.5) is 0 Å². The molecule has 1 N–H and O–H groups in total. The Morgan fingerprint density at radius 3 is 3.00 bits per heavy atom. The molecule has 2 aromatic rings. The fraction of sp³-hybridized carbons (Fsp3) is 0.286. The summed E-state index contributed by atoms with van der Waals surface area (Å²) in [5, 5.41) is 3.36. The first-order chi connectivity index (χ1) is 8.74. The number of aryl methyl sites for hydroxylation is 1. The van der Waals surface area contributed by atoms with Gasteiger partial charge in [-0.25, -0.2) is 9.97 Å². The van der Waals surface area contributed by atoms with Crippen molar-refractivity contribution in [3.05, 3.63) is 45.7 Å².